The maximum atomic E-state index is 11.9. The van der Waals surface area contributed by atoms with Crippen LogP contribution < -0.4 is 0 Å². The van der Waals surface area contributed by atoms with E-state index in [0.717, 1.165) is 0 Å². The smallest absolute Gasteiger partial charge is 0.0990 e. The number of hydrogen-bond acceptors (Lipinski definition) is 0. The molecule has 0 rings (SSSR count). The molecule has 4 atom stereocenters. The lowest BCUT2D eigenvalue weighted by Crippen LogP contribution is -1.76. The second-order valence-corrected chi connectivity index (χ2v) is 7.10. The summed E-state index contributed by atoms with van der Waals surface area (Å²) >= 11 is 0. The average molecular weight is 194 g/mol. The highest BCUT2D eigenvalue weighted by Gasteiger charge is 2.02. The van der Waals surface area contributed by atoms with Gasteiger partial charge in [-0.15, -0.1) is 0 Å². The van der Waals surface area contributed by atoms with Crippen molar-refractivity contribution in [3.05, 3.63) is 0 Å². The Morgan fingerprint density at radius 2 is 1.25 bits per heavy atom. The van der Waals surface area contributed by atoms with E-state index in [9.17, 15) is 8.39 Å². The van der Waals surface area contributed by atoms with Crippen LogP contribution in [0.1, 0.15) is 0 Å². The predicted octanol–water partition coefficient (Wildman–Crippen LogP) is 3.30. The maximum Gasteiger partial charge on any atom is 0.0990 e. The Morgan fingerprint density at radius 3 is 1.38 bits per heavy atom. The van der Waals surface area contributed by atoms with E-state index in [1.807, 2.05) is 0 Å². The molecule has 0 N–H and O–H groups in total. The van der Waals surface area contributed by atoms with Crippen molar-refractivity contribution in [2.75, 3.05) is 12.3 Å². The minimum atomic E-state index is -1.45. The van der Waals surface area contributed by atoms with E-state index in [4.69, 9.17) is 0 Å². The molecule has 0 aliphatic rings. The summed E-state index contributed by atoms with van der Waals surface area (Å²) in [5.41, 5.74) is 0. The second-order valence-electron chi connectivity index (χ2n) is 1.25. The van der Waals surface area contributed by atoms with Gasteiger partial charge in [-0.3, -0.25) is 0 Å². The topological polar surface area (TPSA) is 0 Å². The Labute approximate surface area is 55.1 Å². The van der Waals surface area contributed by atoms with Crippen LogP contribution in [-0.2, 0) is 0 Å². The van der Waals surface area contributed by atoms with Crippen LogP contribution in [0.15, 0.2) is 0 Å². The van der Waals surface area contributed by atoms with Crippen molar-refractivity contribution in [2.24, 2.45) is 0 Å². The van der Waals surface area contributed by atoms with Crippen molar-refractivity contribution >= 4 is 33.7 Å². The first-order valence-corrected chi connectivity index (χ1v) is 8.06. The normalized spacial score (nSPS) is 18.0. The van der Waals surface area contributed by atoms with E-state index >= 15 is 0 Å². The van der Waals surface area contributed by atoms with Crippen molar-refractivity contribution in [3.8, 4) is 0 Å². The van der Waals surface area contributed by atoms with Crippen LogP contribution in [0.2, 0.25) is 0 Å². The third-order valence-corrected chi connectivity index (χ3v) is 3.73. The van der Waals surface area contributed by atoms with Gasteiger partial charge in [-0.25, -0.2) is 8.39 Å². The van der Waals surface area contributed by atoms with Crippen LogP contribution in [-0.4, -0.2) is 12.3 Å². The molecular formula is C2H8F2P4. The Bertz CT molecular complexity index is 48.0. The first kappa shape index (κ1) is 9.58. The zero-order valence-corrected chi connectivity index (χ0v) is 8.32. The SMILES string of the molecule is FP(P)CCP(F)P. The molecule has 0 amide bonds. The molecule has 0 aromatic carbocycles. The van der Waals surface area contributed by atoms with E-state index < -0.39 is 15.8 Å². The van der Waals surface area contributed by atoms with E-state index in [0.29, 0.717) is 12.3 Å². The fraction of sp³-hybridized carbons (Fsp3) is 1.00. The lowest BCUT2D eigenvalue weighted by atomic mass is 11.0. The molecule has 50 valence electrons. The van der Waals surface area contributed by atoms with Gasteiger partial charge < -0.3 is 0 Å². The monoisotopic (exact) mass is 194 g/mol. The first-order valence-electron chi connectivity index (χ1n) is 1.99. The van der Waals surface area contributed by atoms with Gasteiger partial charge in [-0.1, -0.05) is 17.9 Å². The maximum absolute atomic E-state index is 11.9. The summed E-state index contributed by atoms with van der Waals surface area (Å²) in [6.45, 7) is 0. The fourth-order valence-corrected chi connectivity index (χ4v) is 3.80. The molecule has 0 nitrogen and oxygen atoms in total. The second kappa shape index (κ2) is 5.37. The standard InChI is InChI=1S/C2H8F2P4/c3-7(5)1-2-8(4)6/h1-2,5-6H2. The molecule has 6 heteroatoms. The molecule has 0 aliphatic carbocycles. The van der Waals surface area contributed by atoms with Gasteiger partial charge in [0.2, 0.25) is 0 Å². The van der Waals surface area contributed by atoms with Crippen LogP contribution in [0.4, 0.5) is 8.39 Å². The minimum absolute atomic E-state index is 0.381. The molecule has 0 heterocycles. The molecule has 0 fully saturated rings. The quantitative estimate of drug-likeness (QED) is 0.604. The highest BCUT2D eigenvalue weighted by Crippen LogP contribution is 2.52. The summed E-state index contributed by atoms with van der Waals surface area (Å²) in [6, 6.07) is 0. The Morgan fingerprint density at radius 1 is 1.00 bits per heavy atom. The van der Waals surface area contributed by atoms with Crippen LogP contribution in [0.25, 0.3) is 0 Å². The van der Waals surface area contributed by atoms with E-state index in [1.165, 1.54) is 0 Å². The number of halogens is 2. The Balaban J connectivity index is 2.93. The van der Waals surface area contributed by atoms with Crippen molar-refractivity contribution < 1.29 is 8.39 Å². The van der Waals surface area contributed by atoms with E-state index in [1.54, 1.807) is 0 Å². The minimum Gasteiger partial charge on any atom is -0.223 e. The van der Waals surface area contributed by atoms with Crippen molar-refractivity contribution in [1.29, 1.82) is 0 Å². The first-order chi connectivity index (χ1) is 3.63. The molecule has 0 aliphatic heterocycles. The van der Waals surface area contributed by atoms with Crippen molar-refractivity contribution in [2.45, 2.75) is 0 Å². The Kier molecular flexibility index (Phi) is 6.43. The zero-order chi connectivity index (χ0) is 6.57. The van der Waals surface area contributed by atoms with Gasteiger partial charge in [-0.2, -0.15) is 0 Å². The summed E-state index contributed by atoms with van der Waals surface area (Å²) < 4.78 is 23.8. The summed E-state index contributed by atoms with van der Waals surface area (Å²) in [5.74, 6) is 0. The van der Waals surface area contributed by atoms with Gasteiger partial charge in [0.15, 0.2) is 0 Å². The molecule has 0 radical (unpaired) electrons. The Hall–Kier alpha value is 1.58. The molecule has 0 bridgehead atoms. The highest BCUT2D eigenvalue weighted by molar-refractivity contribution is 8.13. The van der Waals surface area contributed by atoms with Crippen molar-refractivity contribution in [3.63, 3.8) is 0 Å². The van der Waals surface area contributed by atoms with Crippen LogP contribution >= 0.6 is 33.7 Å². The molecule has 4 unspecified atom stereocenters. The molecule has 0 aromatic rings. The molecule has 8 heavy (non-hydrogen) atoms. The summed E-state index contributed by atoms with van der Waals surface area (Å²) in [4.78, 5) is 0. The fourth-order valence-electron chi connectivity index (χ4n) is 0.191. The van der Waals surface area contributed by atoms with Gasteiger partial charge in [0.25, 0.3) is 0 Å². The summed E-state index contributed by atoms with van der Waals surface area (Å²) in [5, 5.41) is 0. The van der Waals surface area contributed by atoms with Gasteiger partial charge >= 0.3 is 0 Å². The van der Waals surface area contributed by atoms with E-state index in [-0.39, 0.29) is 0 Å². The van der Waals surface area contributed by atoms with Crippen molar-refractivity contribution in [1.82, 2.24) is 0 Å². The predicted molar refractivity (Wildman–Crippen MR) is 45.2 cm³/mol. The number of hydrogen-bond donors (Lipinski definition) is 0. The van der Waals surface area contributed by atoms with Crippen LogP contribution in [0.3, 0.4) is 0 Å². The molecular weight excluding hydrogens is 186 g/mol. The largest absolute Gasteiger partial charge is 0.223 e. The highest BCUT2D eigenvalue weighted by atomic mass is 32.0. The average Bonchev–Trinajstić information content (AvgIpc) is 1.61. The lowest BCUT2D eigenvalue weighted by molar-refractivity contribution is 0.894. The summed E-state index contributed by atoms with van der Waals surface area (Å²) in [7, 11) is 1.21. The third-order valence-electron chi connectivity index (χ3n) is 0.527. The zero-order valence-electron chi connectivity index (χ0n) is 4.22. The van der Waals surface area contributed by atoms with Crippen LogP contribution in [0, 0.1) is 0 Å². The molecule has 0 aromatic heterocycles. The number of rotatable bonds is 3. The van der Waals surface area contributed by atoms with Gasteiger partial charge in [-0.05, 0) is 0 Å². The molecule has 0 saturated heterocycles. The van der Waals surface area contributed by atoms with Gasteiger partial charge in [0.05, 0.1) is 15.8 Å². The van der Waals surface area contributed by atoms with Gasteiger partial charge in [0.1, 0.15) is 0 Å². The molecule has 0 spiro atoms. The summed E-state index contributed by atoms with van der Waals surface area (Å²) in [6.07, 6.45) is 0.761. The lowest BCUT2D eigenvalue weighted by Gasteiger charge is -1.99. The molecule has 0 saturated carbocycles. The van der Waals surface area contributed by atoms with Crippen LogP contribution in [0.5, 0.6) is 0 Å². The van der Waals surface area contributed by atoms with Gasteiger partial charge in [0, 0.05) is 12.3 Å². The van der Waals surface area contributed by atoms with E-state index in [2.05, 4.69) is 17.9 Å². The third kappa shape index (κ3) is 7.58.